The number of piperidine rings is 1. The lowest BCUT2D eigenvalue weighted by molar-refractivity contribution is -0.137. The number of benzene rings is 2. The number of aryl methyl sites for hydroxylation is 1. The summed E-state index contributed by atoms with van der Waals surface area (Å²) in [5.74, 6) is 0.319. The van der Waals surface area contributed by atoms with Crippen LogP contribution in [0.1, 0.15) is 18.4 Å². The zero-order chi connectivity index (χ0) is 29.1. The van der Waals surface area contributed by atoms with Gasteiger partial charge in [-0.05, 0) is 49.2 Å². The molecule has 2 aromatic heterocycles. The molecule has 0 aliphatic carbocycles. The van der Waals surface area contributed by atoms with E-state index in [0.717, 1.165) is 32.0 Å². The minimum absolute atomic E-state index is 0.149. The molecule has 0 bridgehead atoms. The Balaban J connectivity index is 1.26. The van der Waals surface area contributed by atoms with Gasteiger partial charge < -0.3 is 24.7 Å². The first-order valence-corrected chi connectivity index (χ1v) is 12.9. The van der Waals surface area contributed by atoms with E-state index < -0.39 is 17.6 Å². The number of hydrogen-bond donors (Lipinski definition) is 2. The van der Waals surface area contributed by atoms with E-state index in [-0.39, 0.29) is 30.2 Å². The third-order valence-electron chi connectivity index (χ3n) is 6.86. The van der Waals surface area contributed by atoms with E-state index in [2.05, 4.69) is 25.5 Å². The van der Waals surface area contributed by atoms with Crippen LogP contribution in [0.15, 0.2) is 54.7 Å². The van der Waals surface area contributed by atoms with Gasteiger partial charge in [-0.2, -0.15) is 13.2 Å². The summed E-state index contributed by atoms with van der Waals surface area (Å²) in [4.78, 5) is 23.2. The highest BCUT2D eigenvalue weighted by Crippen LogP contribution is 2.34. The molecule has 13 heteroatoms. The largest absolute Gasteiger partial charge is 0.457 e. The number of aromatic nitrogens is 3. The average Bonchev–Trinajstić information content (AvgIpc) is 3.24. The third kappa shape index (κ3) is 6.74. The van der Waals surface area contributed by atoms with Crippen LogP contribution in [-0.2, 0) is 22.8 Å². The Kier molecular flexibility index (Phi) is 8.08. The van der Waals surface area contributed by atoms with Gasteiger partial charge in [0, 0.05) is 45.6 Å². The number of hydrogen-bond acceptors (Lipinski definition) is 7. The van der Waals surface area contributed by atoms with Crippen molar-refractivity contribution in [3.05, 3.63) is 66.1 Å². The van der Waals surface area contributed by atoms with Crippen molar-refractivity contribution >= 4 is 34.4 Å². The maximum Gasteiger partial charge on any atom is 0.416 e. The normalized spacial score (nSPS) is 14.8. The second kappa shape index (κ2) is 11.7. The number of anilines is 3. The zero-order valence-electron chi connectivity index (χ0n) is 22.3. The molecule has 4 aromatic rings. The number of halogens is 4. The average molecular weight is 573 g/mol. The second-order valence-corrected chi connectivity index (χ2v) is 9.70. The lowest BCUT2D eigenvalue weighted by atomic mass is 10.1. The second-order valence-electron chi connectivity index (χ2n) is 9.70. The molecule has 0 atom stereocenters. The number of likely N-dealkylation sites (tertiary alicyclic amines) is 1. The molecule has 0 saturated carbocycles. The van der Waals surface area contributed by atoms with Crippen LogP contribution < -0.4 is 15.4 Å². The van der Waals surface area contributed by atoms with Crippen molar-refractivity contribution in [2.24, 2.45) is 7.05 Å². The number of methoxy groups -OCH3 is 1. The Hall–Kier alpha value is -4.23. The van der Waals surface area contributed by atoms with Crippen molar-refractivity contribution in [3.8, 4) is 11.5 Å². The molecule has 1 aliphatic rings. The number of amides is 1. The molecule has 2 N–H and O–H groups in total. The Morgan fingerprint density at radius 2 is 1.83 bits per heavy atom. The standard InChI is InChI=1S/C28H28F4N6O3/c1-37-24-6-4-19(14-23(24)35-27(37)34-22-13-17(28(30,31)32)3-5-21(22)29)41-20-7-10-33-25(15-20)36-26(39)16-38-11-8-18(40-2)9-12-38/h3-7,10,13-15,18H,8-9,11-12,16H2,1-2H3,(H,34,35)(H,33,36,39). The molecule has 0 spiro atoms. The van der Waals surface area contributed by atoms with E-state index in [4.69, 9.17) is 9.47 Å². The minimum atomic E-state index is -4.61. The highest BCUT2D eigenvalue weighted by molar-refractivity contribution is 5.91. The molecule has 2 aromatic carbocycles. The van der Waals surface area contributed by atoms with Crippen LogP contribution in [-0.4, -0.2) is 58.2 Å². The highest BCUT2D eigenvalue weighted by Gasteiger charge is 2.31. The third-order valence-corrected chi connectivity index (χ3v) is 6.86. The summed E-state index contributed by atoms with van der Waals surface area (Å²) in [6, 6.07) is 10.4. The van der Waals surface area contributed by atoms with Crippen LogP contribution >= 0.6 is 0 Å². The Bertz CT molecular complexity index is 1550. The topological polar surface area (TPSA) is 93.5 Å². The van der Waals surface area contributed by atoms with E-state index in [9.17, 15) is 22.4 Å². The summed E-state index contributed by atoms with van der Waals surface area (Å²) in [5.41, 5.74) is -0.208. The first-order valence-electron chi connectivity index (χ1n) is 12.9. The lowest BCUT2D eigenvalue weighted by Crippen LogP contribution is -2.41. The van der Waals surface area contributed by atoms with Crippen LogP contribution in [0, 0.1) is 5.82 Å². The maximum absolute atomic E-state index is 14.3. The van der Waals surface area contributed by atoms with Crippen LogP contribution in [0.4, 0.5) is 35.0 Å². The van der Waals surface area contributed by atoms with Crippen LogP contribution in [0.3, 0.4) is 0 Å². The highest BCUT2D eigenvalue weighted by atomic mass is 19.4. The number of carbonyl (C=O) groups is 1. The number of alkyl halides is 3. The summed E-state index contributed by atoms with van der Waals surface area (Å²) in [6.45, 7) is 1.82. The van der Waals surface area contributed by atoms with Crippen molar-refractivity contribution in [2.45, 2.75) is 25.1 Å². The Morgan fingerprint density at radius 1 is 1.07 bits per heavy atom. The van der Waals surface area contributed by atoms with Crippen LogP contribution in [0.2, 0.25) is 0 Å². The van der Waals surface area contributed by atoms with E-state index in [1.807, 2.05) is 0 Å². The number of ether oxygens (including phenoxy) is 2. The molecule has 1 fully saturated rings. The van der Waals surface area contributed by atoms with E-state index in [1.165, 1.54) is 6.20 Å². The Labute approximate surface area is 233 Å². The van der Waals surface area contributed by atoms with Gasteiger partial charge >= 0.3 is 6.18 Å². The van der Waals surface area contributed by atoms with Gasteiger partial charge in [-0.3, -0.25) is 9.69 Å². The van der Waals surface area contributed by atoms with Crippen molar-refractivity contribution in [2.75, 3.05) is 37.4 Å². The molecule has 41 heavy (non-hydrogen) atoms. The van der Waals surface area contributed by atoms with Crippen LogP contribution in [0.5, 0.6) is 11.5 Å². The van der Waals surface area contributed by atoms with Crippen molar-refractivity contribution in [1.82, 2.24) is 19.4 Å². The molecule has 5 rings (SSSR count). The summed E-state index contributed by atoms with van der Waals surface area (Å²) in [7, 11) is 3.35. The molecule has 1 aliphatic heterocycles. The predicted molar refractivity (Wildman–Crippen MR) is 145 cm³/mol. The van der Waals surface area contributed by atoms with Gasteiger partial charge in [0.2, 0.25) is 11.9 Å². The van der Waals surface area contributed by atoms with Crippen molar-refractivity contribution in [3.63, 3.8) is 0 Å². The van der Waals surface area contributed by atoms with Gasteiger partial charge in [0.1, 0.15) is 23.1 Å². The van der Waals surface area contributed by atoms with E-state index in [1.54, 1.807) is 49.1 Å². The number of carbonyl (C=O) groups excluding carboxylic acids is 1. The van der Waals surface area contributed by atoms with E-state index in [0.29, 0.717) is 40.5 Å². The monoisotopic (exact) mass is 572 g/mol. The number of rotatable bonds is 8. The first-order chi connectivity index (χ1) is 19.6. The summed E-state index contributed by atoms with van der Waals surface area (Å²) in [6.07, 6.45) is -1.10. The maximum atomic E-state index is 14.3. The fourth-order valence-corrected chi connectivity index (χ4v) is 4.64. The fourth-order valence-electron chi connectivity index (χ4n) is 4.64. The molecule has 9 nitrogen and oxygen atoms in total. The fraction of sp³-hybridized carbons (Fsp3) is 0.321. The molecular formula is C28H28F4N6O3. The quantitative estimate of drug-likeness (QED) is 0.261. The van der Waals surface area contributed by atoms with Crippen molar-refractivity contribution < 1.29 is 31.8 Å². The summed E-state index contributed by atoms with van der Waals surface area (Å²) in [5, 5.41) is 5.44. The molecule has 3 heterocycles. The molecule has 216 valence electrons. The van der Waals surface area contributed by atoms with Gasteiger partial charge in [0.05, 0.1) is 34.9 Å². The van der Waals surface area contributed by atoms with Gasteiger partial charge in [-0.15, -0.1) is 0 Å². The van der Waals surface area contributed by atoms with Gasteiger partial charge in [0.15, 0.2) is 0 Å². The van der Waals surface area contributed by atoms with Crippen LogP contribution in [0.25, 0.3) is 11.0 Å². The first kappa shape index (κ1) is 28.3. The number of nitrogens with zero attached hydrogens (tertiary/aromatic N) is 4. The summed E-state index contributed by atoms with van der Waals surface area (Å²) < 4.78 is 66.5. The zero-order valence-corrected chi connectivity index (χ0v) is 22.3. The number of pyridine rings is 1. The number of nitrogens with one attached hydrogen (secondary N) is 2. The molecule has 1 amide bonds. The van der Waals surface area contributed by atoms with Gasteiger partial charge in [0.25, 0.3) is 0 Å². The summed E-state index contributed by atoms with van der Waals surface area (Å²) >= 11 is 0. The predicted octanol–water partition coefficient (Wildman–Crippen LogP) is 5.71. The Morgan fingerprint density at radius 3 is 2.56 bits per heavy atom. The molecule has 0 unspecified atom stereocenters. The smallest absolute Gasteiger partial charge is 0.416 e. The number of fused-ring (bicyclic) bond motifs is 1. The van der Waals surface area contributed by atoms with Gasteiger partial charge in [-0.25, -0.2) is 14.4 Å². The van der Waals surface area contributed by atoms with E-state index >= 15 is 0 Å². The number of imidazole rings is 1. The molecule has 0 radical (unpaired) electrons. The SMILES string of the molecule is COC1CCN(CC(=O)Nc2cc(Oc3ccc4c(c3)nc(Nc3cc(C(F)(F)F)ccc3F)n4C)ccn2)CC1. The van der Waals surface area contributed by atoms with Crippen molar-refractivity contribution in [1.29, 1.82) is 0 Å². The molecular weight excluding hydrogens is 544 g/mol. The lowest BCUT2D eigenvalue weighted by Gasteiger charge is -2.30. The molecule has 1 saturated heterocycles. The minimum Gasteiger partial charge on any atom is -0.457 e. The van der Waals surface area contributed by atoms with Gasteiger partial charge in [-0.1, -0.05) is 0 Å².